The topological polar surface area (TPSA) is 75.4 Å². The molecule has 114 valence electrons. The largest absolute Gasteiger partial charge is 0.370 e. The highest BCUT2D eigenvalue weighted by Crippen LogP contribution is 2.22. The van der Waals surface area contributed by atoms with Crippen LogP contribution in [-0.2, 0) is 9.59 Å². The van der Waals surface area contributed by atoms with Crippen LogP contribution in [0.15, 0.2) is 0 Å². The minimum Gasteiger partial charge on any atom is -0.370 e. The molecule has 2 rings (SSSR count). The number of primary amides is 1. The molecule has 0 aromatic heterocycles. The quantitative estimate of drug-likeness (QED) is 0.785. The summed E-state index contributed by atoms with van der Waals surface area (Å²) in [5.41, 5.74) is 5.22. The maximum Gasteiger partial charge on any atom is 0.222 e. The second-order valence-corrected chi connectivity index (χ2v) is 6.25. The molecule has 2 heterocycles. The van der Waals surface area contributed by atoms with Gasteiger partial charge in [0.15, 0.2) is 0 Å². The first-order valence-electron chi connectivity index (χ1n) is 7.92. The summed E-state index contributed by atoms with van der Waals surface area (Å²) in [6.07, 6.45) is 6.47. The van der Waals surface area contributed by atoms with Crippen LogP contribution in [0.25, 0.3) is 0 Å². The summed E-state index contributed by atoms with van der Waals surface area (Å²) in [7, 11) is 0. The van der Waals surface area contributed by atoms with E-state index in [9.17, 15) is 9.59 Å². The van der Waals surface area contributed by atoms with E-state index in [1.165, 1.54) is 12.8 Å². The third kappa shape index (κ3) is 4.78. The van der Waals surface area contributed by atoms with Crippen molar-refractivity contribution in [1.82, 2.24) is 10.2 Å². The first-order valence-corrected chi connectivity index (χ1v) is 7.92. The third-order valence-corrected chi connectivity index (χ3v) is 4.62. The van der Waals surface area contributed by atoms with Crippen LogP contribution >= 0.6 is 0 Å². The summed E-state index contributed by atoms with van der Waals surface area (Å²) < 4.78 is 0. The lowest BCUT2D eigenvalue weighted by Crippen LogP contribution is -2.39. The average Bonchev–Trinajstić information content (AvgIpc) is 2.46. The summed E-state index contributed by atoms with van der Waals surface area (Å²) in [6, 6.07) is 0. The highest BCUT2D eigenvalue weighted by atomic mass is 16.2. The van der Waals surface area contributed by atoms with Crippen LogP contribution in [0.2, 0.25) is 0 Å². The number of likely N-dealkylation sites (tertiary alicyclic amines) is 1. The average molecular weight is 281 g/mol. The fourth-order valence-electron chi connectivity index (χ4n) is 3.33. The molecule has 2 aliphatic heterocycles. The van der Waals surface area contributed by atoms with Gasteiger partial charge in [-0.15, -0.1) is 0 Å². The van der Waals surface area contributed by atoms with E-state index in [0.29, 0.717) is 24.7 Å². The lowest BCUT2D eigenvalue weighted by atomic mass is 9.92. The summed E-state index contributed by atoms with van der Waals surface area (Å²) in [5, 5.41) is 3.39. The minimum absolute atomic E-state index is 0.223. The number of rotatable bonds is 5. The van der Waals surface area contributed by atoms with Gasteiger partial charge in [-0.3, -0.25) is 9.59 Å². The van der Waals surface area contributed by atoms with E-state index in [4.69, 9.17) is 5.73 Å². The number of nitrogens with one attached hydrogen (secondary N) is 1. The molecule has 0 saturated carbocycles. The Hall–Kier alpha value is -1.10. The summed E-state index contributed by atoms with van der Waals surface area (Å²) in [5.74, 6) is 1.10. The molecule has 1 atom stereocenters. The van der Waals surface area contributed by atoms with Crippen LogP contribution in [0.3, 0.4) is 0 Å². The summed E-state index contributed by atoms with van der Waals surface area (Å²) in [6.45, 7) is 3.77. The maximum atomic E-state index is 12.2. The number of piperidine rings is 2. The lowest BCUT2D eigenvalue weighted by Gasteiger charge is -2.32. The molecule has 0 aromatic carbocycles. The minimum atomic E-state index is -0.223. The number of amides is 2. The summed E-state index contributed by atoms with van der Waals surface area (Å²) >= 11 is 0. The van der Waals surface area contributed by atoms with E-state index >= 15 is 0 Å². The van der Waals surface area contributed by atoms with Gasteiger partial charge in [-0.25, -0.2) is 0 Å². The Morgan fingerprint density at radius 3 is 2.50 bits per heavy atom. The fraction of sp³-hybridized carbons (Fsp3) is 0.867. The maximum absolute atomic E-state index is 12.2. The summed E-state index contributed by atoms with van der Waals surface area (Å²) in [4.78, 5) is 25.0. The smallest absolute Gasteiger partial charge is 0.222 e. The molecule has 0 aliphatic carbocycles. The van der Waals surface area contributed by atoms with Crippen molar-refractivity contribution < 1.29 is 9.59 Å². The molecule has 0 spiro atoms. The molecule has 2 aliphatic rings. The van der Waals surface area contributed by atoms with Gasteiger partial charge >= 0.3 is 0 Å². The third-order valence-electron chi connectivity index (χ3n) is 4.62. The van der Waals surface area contributed by atoms with E-state index in [1.807, 2.05) is 4.90 Å². The van der Waals surface area contributed by atoms with Crippen molar-refractivity contribution in [2.24, 2.45) is 17.6 Å². The van der Waals surface area contributed by atoms with Crippen LogP contribution < -0.4 is 11.1 Å². The van der Waals surface area contributed by atoms with Crippen molar-refractivity contribution in [3.05, 3.63) is 0 Å². The van der Waals surface area contributed by atoms with Crippen molar-refractivity contribution >= 4 is 11.8 Å². The van der Waals surface area contributed by atoms with Crippen LogP contribution in [0, 0.1) is 11.8 Å². The normalized spacial score (nSPS) is 24.6. The van der Waals surface area contributed by atoms with Gasteiger partial charge in [0.05, 0.1) is 0 Å². The molecule has 0 radical (unpaired) electrons. The van der Waals surface area contributed by atoms with Crippen molar-refractivity contribution in [1.29, 1.82) is 0 Å². The number of carbonyl (C=O) groups is 2. The SMILES string of the molecule is NC(=O)CC1CCN(C(=O)CCC2CCCNC2)CC1. The predicted molar refractivity (Wildman–Crippen MR) is 77.9 cm³/mol. The molecule has 2 saturated heterocycles. The van der Waals surface area contributed by atoms with Crippen LogP contribution in [0.1, 0.15) is 44.9 Å². The lowest BCUT2D eigenvalue weighted by molar-refractivity contribution is -0.133. The van der Waals surface area contributed by atoms with Gasteiger partial charge < -0.3 is 16.0 Å². The van der Waals surface area contributed by atoms with Gasteiger partial charge in [-0.2, -0.15) is 0 Å². The van der Waals surface area contributed by atoms with Crippen molar-refractivity contribution in [3.63, 3.8) is 0 Å². The second kappa shape index (κ2) is 7.62. The number of hydrogen-bond acceptors (Lipinski definition) is 3. The zero-order valence-corrected chi connectivity index (χ0v) is 12.3. The highest BCUT2D eigenvalue weighted by Gasteiger charge is 2.24. The van der Waals surface area contributed by atoms with Gasteiger partial charge in [0.1, 0.15) is 0 Å². The van der Waals surface area contributed by atoms with Crippen molar-refractivity contribution in [2.75, 3.05) is 26.2 Å². The zero-order valence-electron chi connectivity index (χ0n) is 12.3. The van der Waals surface area contributed by atoms with Gasteiger partial charge in [0.25, 0.3) is 0 Å². The van der Waals surface area contributed by atoms with Gasteiger partial charge in [0, 0.05) is 25.9 Å². The van der Waals surface area contributed by atoms with Crippen LogP contribution in [-0.4, -0.2) is 42.9 Å². The first kappa shape index (κ1) is 15.3. The molecule has 0 bridgehead atoms. The monoisotopic (exact) mass is 281 g/mol. The van der Waals surface area contributed by atoms with Gasteiger partial charge in [-0.1, -0.05) is 0 Å². The molecular weight excluding hydrogens is 254 g/mol. The second-order valence-electron chi connectivity index (χ2n) is 6.25. The zero-order chi connectivity index (χ0) is 14.4. The molecule has 2 amide bonds. The molecule has 1 unspecified atom stereocenters. The van der Waals surface area contributed by atoms with Crippen LogP contribution in [0.4, 0.5) is 0 Å². The fourth-order valence-corrected chi connectivity index (χ4v) is 3.33. The number of nitrogens with two attached hydrogens (primary N) is 1. The van der Waals surface area contributed by atoms with E-state index in [0.717, 1.165) is 45.4 Å². The number of hydrogen-bond donors (Lipinski definition) is 2. The van der Waals surface area contributed by atoms with Gasteiger partial charge in [0.2, 0.25) is 11.8 Å². The predicted octanol–water partition coefficient (Wildman–Crippen LogP) is 0.880. The molecule has 2 fully saturated rings. The van der Waals surface area contributed by atoms with E-state index in [-0.39, 0.29) is 11.8 Å². The standard InChI is InChI=1S/C15H27N3O2/c16-14(19)10-12-5-8-18(9-6-12)15(20)4-3-13-2-1-7-17-11-13/h12-13,17H,1-11H2,(H2,16,19). The molecule has 5 nitrogen and oxygen atoms in total. The van der Waals surface area contributed by atoms with Crippen LogP contribution in [0.5, 0.6) is 0 Å². The Kier molecular flexibility index (Phi) is 5.83. The Morgan fingerprint density at radius 1 is 1.15 bits per heavy atom. The Morgan fingerprint density at radius 2 is 1.90 bits per heavy atom. The van der Waals surface area contributed by atoms with E-state index in [1.54, 1.807) is 0 Å². The molecule has 0 aromatic rings. The van der Waals surface area contributed by atoms with E-state index < -0.39 is 0 Å². The van der Waals surface area contributed by atoms with Crippen molar-refractivity contribution in [2.45, 2.75) is 44.9 Å². The van der Waals surface area contributed by atoms with Gasteiger partial charge in [-0.05, 0) is 57.0 Å². The molecule has 3 N–H and O–H groups in total. The molecular formula is C15H27N3O2. The Balaban J connectivity index is 1.65. The molecule has 5 heteroatoms. The van der Waals surface area contributed by atoms with E-state index in [2.05, 4.69) is 5.32 Å². The first-order chi connectivity index (χ1) is 9.65. The highest BCUT2D eigenvalue weighted by molar-refractivity contribution is 5.76. The number of nitrogens with zero attached hydrogens (tertiary/aromatic N) is 1. The van der Waals surface area contributed by atoms with Crippen molar-refractivity contribution in [3.8, 4) is 0 Å². The number of carbonyl (C=O) groups excluding carboxylic acids is 2. The molecule has 20 heavy (non-hydrogen) atoms. The Bertz CT molecular complexity index is 332. The Labute approximate surface area is 121 Å².